The number of carboxylic acid groups (broad SMARTS) is 1. The van der Waals surface area contributed by atoms with Gasteiger partial charge in [0, 0.05) is 6.04 Å². The minimum Gasteiger partial charge on any atom is -0.490 e. The lowest BCUT2D eigenvalue weighted by atomic mass is 9.86. The van der Waals surface area contributed by atoms with Gasteiger partial charge in [-0.25, -0.2) is 0 Å². The number of carboxylic acids is 1. The molecule has 34 heavy (non-hydrogen) atoms. The Kier molecular flexibility index (Phi) is 7.70. The van der Waals surface area contributed by atoms with Crippen LogP contribution in [-0.2, 0) is 17.4 Å². The molecule has 0 aliphatic heterocycles. The summed E-state index contributed by atoms with van der Waals surface area (Å²) in [7, 11) is 0. The molecule has 4 nitrogen and oxygen atoms in total. The quantitative estimate of drug-likeness (QED) is 0.450. The highest BCUT2D eigenvalue weighted by atomic mass is 19.4. The number of nitrogens with one attached hydrogen (secondary N) is 1. The van der Waals surface area contributed by atoms with Crippen LogP contribution in [0.15, 0.2) is 30.3 Å². The number of benzene rings is 2. The van der Waals surface area contributed by atoms with Crippen LogP contribution in [0, 0.1) is 11.8 Å². The van der Waals surface area contributed by atoms with E-state index < -0.39 is 17.7 Å². The van der Waals surface area contributed by atoms with Gasteiger partial charge in [-0.2, -0.15) is 13.2 Å². The van der Waals surface area contributed by atoms with Crippen LogP contribution in [0.3, 0.4) is 0 Å². The van der Waals surface area contributed by atoms with E-state index in [-0.39, 0.29) is 29.2 Å². The summed E-state index contributed by atoms with van der Waals surface area (Å²) in [6.45, 7) is 2.76. The maximum Gasteiger partial charge on any atom is 0.420 e. The number of ether oxygens (including phenoxy) is 1. The van der Waals surface area contributed by atoms with Crippen molar-refractivity contribution in [3.8, 4) is 5.75 Å². The van der Waals surface area contributed by atoms with E-state index in [0.29, 0.717) is 37.1 Å². The van der Waals surface area contributed by atoms with Gasteiger partial charge in [-0.15, -0.1) is 0 Å². The molecule has 0 heterocycles. The highest BCUT2D eigenvalue weighted by Crippen LogP contribution is 2.43. The van der Waals surface area contributed by atoms with Gasteiger partial charge in [0.15, 0.2) is 0 Å². The molecule has 2 atom stereocenters. The van der Waals surface area contributed by atoms with Gasteiger partial charge in [0.1, 0.15) is 11.3 Å². The first-order chi connectivity index (χ1) is 16.2. The van der Waals surface area contributed by atoms with Crippen LogP contribution < -0.4 is 10.1 Å². The molecule has 0 spiro atoms. The number of fused-ring (bicyclic) bond motifs is 1. The van der Waals surface area contributed by atoms with Crippen molar-refractivity contribution in [1.82, 2.24) is 5.32 Å². The van der Waals surface area contributed by atoms with E-state index in [9.17, 15) is 18.0 Å². The summed E-state index contributed by atoms with van der Waals surface area (Å²) in [5.74, 6) is -0.479. The zero-order valence-electron chi connectivity index (χ0n) is 19.7. The third kappa shape index (κ3) is 5.85. The predicted octanol–water partition coefficient (Wildman–Crippen LogP) is 6.59. The average molecular weight is 478 g/mol. The molecule has 0 bridgehead atoms. The standard InChI is InChI=1S/C27H34F3NO3/c1-2-17-4-10-22(11-5-17)34-24-12-8-19-6-3-18(15-23(19)25(24)27(28,29)30)13-14-31-21-9-7-20(16-21)26(32)33/h3,6,8,12,15,17,20-22,31H,2,4-5,7,9-11,13-14,16H2,1H3,(H,32,33). The molecule has 0 aromatic heterocycles. The Morgan fingerprint density at radius 1 is 1.09 bits per heavy atom. The van der Waals surface area contributed by atoms with E-state index in [1.165, 1.54) is 6.07 Å². The lowest BCUT2D eigenvalue weighted by molar-refractivity contribution is -0.141. The molecule has 2 unspecified atom stereocenters. The molecule has 0 saturated heterocycles. The van der Waals surface area contributed by atoms with Crippen LogP contribution in [0.1, 0.15) is 69.4 Å². The number of hydrogen-bond donors (Lipinski definition) is 2. The Hall–Kier alpha value is -2.28. The monoisotopic (exact) mass is 477 g/mol. The van der Waals surface area contributed by atoms with Crippen LogP contribution in [0.4, 0.5) is 13.2 Å². The summed E-state index contributed by atoms with van der Waals surface area (Å²) in [5.41, 5.74) is 0.136. The van der Waals surface area contributed by atoms with Crippen molar-refractivity contribution in [3.05, 3.63) is 41.5 Å². The van der Waals surface area contributed by atoms with E-state index in [0.717, 1.165) is 44.1 Å². The molecule has 4 rings (SSSR count). The number of carbonyl (C=O) groups is 1. The number of hydrogen-bond acceptors (Lipinski definition) is 3. The van der Waals surface area contributed by atoms with Crippen molar-refractivity contribution in [2.75, 3.05) is 6.54 Å². The number of alkyl halides is 3. The zero-order valence-corrected chi connectivity index (χ0v) is 19.7. The molecule has 2 fully saturated rings. The lowest BCUT2D eigenvalue weighted by Crippen LogP contribution is -2.29. The largest absolute Gasteiger partial charge is 0.490 e. The maximum absolute atomic E-state index is 14.2. The second-order valence-corrected chi connectivity index (χ2v) is 9.91. The van der Waals surface area contributed by atoms with Crippen molar-refractivity contribution in [3.63, 3.8) is 0 Å². The molecular weight excluding hydrogens is 443 g/mol. The molecule has 186 valence electrons. The summed E-state index contributed by atoms with van der Waals surface area (Å²) in [6.07, 6.45) is 2.68. The smallest absolute Gasteiger partial charge is 0.420 e. The van der Waals surface area contributed by atoms with Crippen molar-refractivity contribution in [2.24, 2.45) is 11.8 Å². The van der Waals surface area contributed by atoms with Gasteiger partial charge in [0.2, 0.25) is 0 Å². The maximum atomic E-state index is 14.2. The Morgan fingerprint density at radius 3 is 2.47 bits per heavy atom. The summed E-state index contributed by atoms with van der Waals surface area (Å²) in [6, 6.07) is 8.57. The minimum atomic E-state index is -4.51. The number of halogens is 3. The van der Waals surface area contributed by atoms with E-state index in [1.807, 2.05) is 6.07 Å². The van der Waals surface area contributed by atoms with Crippen LogP contribution in [0.2, 0.25) is 0 Å². The second kappa shape index (κ2) is 10.5. The first-order valence-corrected chi connectivity index (χ1v) is 12.5. The molecule has 2 aromatic rings. The van der Waals surface area contributed by atoms with Gasteiger partial charge in [0.25, 0.3) is 0 Å². The van der Waals surface area contributed by atoms with E-state index in [4.69, 9.17) is 9.84 Å². The Labute approximate surface area is 198 Å². The fourth-order valence-electron chi connectivity index (χ4n) is 5.54. The first kappa shape index (κ1) is 24.8. The molecule has 2 N–H and O–H groups in total. The van der Waals surface area contributed by atoms with Crippen LogP contribution in [-0.4, -0.2) is 29.8 Å². The van der Waals surface area contributed by atoms with Gasteiger partial charge >= 0.3 is 12.1 Å². The third-order valence-corrected chi connectivity index (χ3v) is 7.62. The molecule has 0 amide bonds. The Morgan fingerprint density at radius 2 is 1.82 bits per heavy atom. The average Bonchev–Trinajstić information content (AvgIpc) is 3.28. The topological polar surface area (TPSA) is 58.6 Å². The summed E-state index contributed by atoms with van der Waals surface area (Å²) < 4.78 is 48.5. The second-order valence-electron chi connectivity index (χ2n) is 9.91. The summed E-state index contributed by atoms with van der Waals surface area (Å²) in [5, 5.41) is 13.2. The molecule has 2 aromatic carbocycles. The normalized spacial score (nSPS) is 25.5. The van der Waals surface area contributed by atoms with Gasteiger partial charge in [-0.1, -0.05) is 37.6 Å². The fraction of sp³-hybridized carbons (Fsp3) is 0.593. The summed E-state index contributed by atoms with van der Waals surface area (Å²) >= 11 is 0. The van der Waals surface area contributed by atoms with Crippen molar-refractivity contribution >= 4 is 16.7 Å². The van der Waals surface area contributed by atoms with Gasteiger partial charge in [0.05, 0.1) is 12.0 Å². The number of aliphatic carboxylic acids is 1. The highest BCUT2D eigenvalue weighted by molar-refractivity contribution is 5.89. The molecule has 7 heteroatoms. The summed E-state index contributed by atoms with van der Waals surface area (Å²) in [4.78, 5) is 11.1. The van der Waals surface area contributed by atoms with Gasteiger partial charge in [-0.05, 0) is 86.2 Å². The highest BCUT2D eigenvalue weighted by Gasteiger charge is 2.37. The molecule has 2 aliphatic rings. The minimum absolute atomic E-state index is 0.0686. The van der Waals surface area contributed by atoms with Crippen LogP contribution >= 0.6 is 0 Å². The van der Waals surface area contributed by atoms with E-state index in [1.54, 1.807) is 18.2 Å². The van der Waals surface area contributed by atoms with Crippen molar-refractivity contribution in [2.45, 2.75) is 83.0 Å². The van der Waals surface area contributed by atoms with Crippen LogP contribution in [0.25, 0.3) is 10.8 Å². The molecule has 2 aliphatic carbocycles. The van der Waals surface area contributed by atoms with Crippen molar-refractivity contribution in [1.29, 1.82) is 0 Å². The van der Waals surface area contributed by atoms with E-state index >= 15 is 0 Å². The Balaban J connectivity index is 1.48. The third-order valence-electron chi connectivity index (χ3n) is 7.62. The Bertz CT molecular complexity index is 999. The lowest BCUT2D eigenvalue weighted by Gasteiger charge is -2.29. The number of rotatable bonds is 8. The fourth-order valence-corrected chi connectivity index (χ4v) is 5.54. The first-order valence-electron chi connectivity index (χ1n) is 12.5. The SMILES string of the molecule is CCC1CCC(Oc2ccc3ccc(CCNC4CCC(C(=O)O)C4)cc3c2C(F)(F)F)CC1. The van der Waals surface area contributed by atoms with E-state index in [2.05, 4.69) is 12.2 Å². The molecular formula is C27H34F3NO3. The van der Waals surface area contributed by atoms with Crippen molar-refractivity contribution < 1.29 is 27.8 Å². The molecule has 0 radical (unpaired) electrons. The zero-order chi connectivity index (χ0) is 24.3. The molecule has 2 saturated carbocycles. The van der Waals surface area contributed by atoms with Crippen LogP contribution in [0.5, 0.6) is 5.75 Å². The van der Waals surface area contributed by atoms with Gasteiger partial charge < -0.3 is 15.2 Å². The predicted molar refractivity (Wildman–Crippen MR) is 126 cm³/mol. The van der Waals surface area contributed by atoms with Gasteiger partial charge in [-0.3, -0.25) is 4.79 Å².